The van der Waals surface area contributed by atoms with Crippen LogP contribution in [0.5, 0.6) is 17.2 Å². The monoisotopic (exact) mass is 358 g/mol. The first-order valence-corrected chi connectivity index (χ1v) is 7.90. The molecule has 0 bridgehead atoms. The molecule has 6 heteroatoms. The predicted molar refractivity (Wildman–Crippen MR) is 99.4 cm³/mol. The van der Waals surface area contributed by atoms with E-state index in [0.29, 0.717) is 23.5 Å². The fourth-order valence-corrected chi connectivity index (χ4v) is 2.81. The van der Waals surface area contributed by atoms with E-state index in [1.807, 2.05) is 30.3 Å². The number of benzene rings is 2. The average Bonchev–Trinajstić information content (AvgIpc) is 2.67. The molecule has 0 saturated carbocycles. The number of ether oxygens (including phenoxy) is 4. The molecular formula is C20H22O6. The van der Waals surface area contributed by atoms with E-state index in [4.69, 9.17) is 18.9 Å². The molecule has 2 rings (SSSR count). The Morgan fingerprint density at radius 3 is 2.08 bits per heavy atom. The lowest BCUT2D eigenvalue weighted by Gasteiger charge is -2.21. The van der Waals surface area contributed by atoms with Crippen LogP contribution >= 0.6 is 0 Å². The Hall–Kier alpha value is -2.99. The molecule has 1 N–H and O–H groups in total. The highest BCUT2D eigenvalue weighted by Gasteiger charge is 2.29. The molecule has 0 aromatic heterocycles. The third-order valence-corrected chi connectivity index (χ3v) is 3.83. The van der Waals surface area contributed by atoms with Gasteiger partial charge in [0.15, 0.2) is 0 Å². The van der Waals surface area contributed by atoms with E-state index < -0.39 is 5.97 Å². The highest BCUT2D eigenvalue weighted by Crippen LogP contribution is 2.49. The van der Waals surface area contributed by atoms with Crippen LogP contribution in [0.25, 0.3) is 17.2 Å². The Balaban J connectivity index is 2.95. The standard InChI is InChI=1S/C20H22O6/c1-23-12-8-11-14-17(24-2)15(13-9-6-5-7-10-13)19(26-4)16(20(21)22)18(14)25-3/h5-11H,12H2,1-4H3,(H,21,22). The van der Waals surface area contributed by atoms with Crippen LogP contribution in [0.2, 0.25) is 0 Å². The highest BCUT2D eigenvalue weighted by atomic mass is 16.5. The van der Waals surface area contributed by atoms with E-state index in [9.17, 15) is 9.90 Å². The highest BCUT2D eigenvalue weighted by molar-refractivity contribution is 6.01. The summed E-state index contributed by atoms with van der Waals surface area (Å²) in [5, 5.41) is 9.79. The van der Waals surface area contributed by atoms with Crippen molar-refractivity contribution in [3.63, 3.8) is 0 Å². The zero-order valence-electron chi connectivity index (χ0n) is 15.2. The average molecular weight is 358 g/mol. The number of carbonyl (C=O) groups is 1. The second-order valence-corrected chi connectivity index (χ2v) is 5.29. The summed E-state index contributed by atoms with van der Waals surface area (Å²) in [6, 6.07) is 9.32. The third-order valence-electron chi connectivity index (χ3n) is 3.83. The van der Waals surface area contributed by atoms with Crippen LogP contribution in [-0.4, -0.2) is 46.1 Å². The van der Waals surface area contributed by atoms with Gasteiger partial charge in [0.1, 0.15) is 22.8 Å². The Morgan fingerprint density at radius 2 is 1.58 bits per heavy atom. The Morgan fingerprint density at radius 1 is 0.962 bits per heavy atom. The van der Waals surface area contributed by atoms with Crippen LogP contribution in [0.3, 0.4) is 0 Å². The lowest BCUT2D eigenvalue weighted by atomic mass is 9.94. The smallest absolute Gasteiger partial charge is 0.343 e. The molecule has 0 aliphatic rings. The predicted octanol–water partition coefficient (Wildman–Crippen LogP) is 3.74. The van der Waals surface area contributed by atoms with Crippen molar-refractivity contribution in [2.75, 3.05) is 35.0 Å². The summed E-state index contributed by atoms with van der Waals surface area (Å²) in [4.78, 5) is 12.0. The van der Waals surface area contributed by atoms with Crippen molar-refractivity contribution in [1.82, 2.24) is 0 Å². The molecule has 0 aliphatic carbocycles. The maximum Gasteiger partial charge on any atom is 0.343 e. The molecule has 2 aromatic carbocycles. The number of hydrogen-bond donors (Lipinski definition) is 1. The maximum absolute atomic E-state index is 12.0. The van der Waals surface area contributed by atoms with Crippen molar-refractivity contribution in [1.29, 1.82) is 0 Å². The van der Waals surface area contributed by atoms with Crippen molar-refractivity contribution in [3.8, 4) is 28.4 Å². The van der Waals surface area contributed by atoms with Crippen molar-refractivity contribution >= 4 is 12.0 Å². The maximum atomic E-state index is 12.0. The molecule has 0 fully saturated rings. The van der Waals surface area contributed by atoms with Crippen LogP contribution < -0.4 is 14.2 Å². The molecule has 0 radical (unpaired) electrons. The van der Waals surface area contributed by atoms with Gasteiger partial charge in [0.2, 0.25) is 0 Å². The normalized spacial score (nSPS) is 10.8. The molecule has 6 nitrogen and oxygen atoms in total. The first kappa shape index (κ1) is 19.3. The Kier molecular flexibility index (Phi) is 6.63. The van der Waals surface area contributed by atoms with Crippen LogP contribution in [0.1, 0.15) is 15.9 Å². The van der Waals surface area contributed by atoms with Crippen molar-refractivity contribution in [3.05, 3.63) is 47.5 Å². The fraction of sp³-hybridized carbons (Fsp3) is 0.250. The molecule has 0 saturated heterocycles. The van der Waals surface area contributed by atoms with Gasteiger partial charge in [-0.1, -0.05) is 36.4 Å². The van der Waals surface area contributed by atoms with Gasteiger partial charge in [-0.15, -0.1) is 0 Å². The Bertz CT molecular complexity index is 796. The summed E-state index contributed by atoms with van der Waals surface area (Å²) in [6.07, 6.45) is 3.48. The molecule has 0 unspecified atom stereocenters. The zero-order valence-corrected chi connectivity index (χ0v) is 15.2. The van der Waals surface area contributed by atoms with Gasteiger partial charge in [-0.05, 0) is 11.6 Å². The number of rotatable bonds is 8. The van der Waals surface area contributed by atoms with Crippen molar-refractivity contribution in [2.45, 2.75) is 0 Å². The molecule has 138 valence electrons. The number of carboxylic acid groups (broad SMARTS) is 1. The minimum Gasteiger partial charge on any atom is -0.495 e. The summed E-state index contributed by atoms with van der Waals surface area (Å²) >= 11 is 0. The SMILES string of the molecule is COCC=Cc1c(OC)c(C(=O)O)c(OC)c(-c2ccccc2)c1OC. The number of hydrogen-bond acceptors (Lipinski definition) is 5. The summed E-state index contributed by atoms with van der Waals surface area (Å²) in [5.41, 5.74) is 1.76. The first-order chi connectivity index (χ1) is 12.6. The topological polar surface area (TPSA) is 74.2 Å². The van der Waals surface area contributed by atoms with Crippen LogP contribution in [0.15, 0.2) is 36.4 Å². The minimum atomic E-state index is -1.15. The number of aromatic carboxylic acids is 1. The van der Waals surface area contributed by atoms with E-state index in [0.717, 1.165) is 5.56 Å². The van der Waals surface area contributed by atoms with Gasteiger partial charge in [-0.2, -0.15) is 0 Å². The van der Waals surface area contributed by atoms with Crippen LogP contribution in [-0.2, 0) is 4.74 Å². The molecule has 0 spiro atoms. The van der Waals surface area contributed by atoms with Gasteiger partial charge in [0.05, 0.1) is 39.1 Å². The molecule has 0 amide bonds. The summed E-state index contributed by atoms with van der Waals surface area (Å²) in [7, 11) is 5.93. The van der Waals surface area contributed by atoms with Gasteiger partial charge in [0, 0.05) is 7.11 Å². The van der Waals surface area contributed by atoms with Crippen molar-refractivity contribution in [2.24, 2.45) is 0 Å². The second kappa shape index (κ2) is 8.92. The minimum absolute atomic E-state index is 0.0632. The summed E-state index contributed by atoms with van der Waals surface area (Å²) < 4.78 is 21.6. The van der Waals surface area contributed by atoms with Crippen molar-refractivity contribution < 1.29 is 28.8 Å². The second-order valence-electron chi connectivity index (χ2n) is 5.29. The third kappa shape index (κ3) is 3.65. The van der Waals surface area contributed by atoms with E-state index >= 15 is 0 Å². The quantitative estimate of drug-likeness (QED) is 0.775. The van der Waals surface area contributed by atoms with Crippen LogP contribution in [0, 0.1) is 0 Å². The molecule has 0 heterocycles. The van der Waals surface area contributed by atoms with E-state index in [2.05, 4.69) is 0 Å². The van der Waals surface area contributed by atoms with E-state index in [1.54, 1.807) is 19.3 Å². The number of carboxylic acids is 1. The van der Waals surface area contributed by atoms with Gasteiger partial charge < -0.3 is 24.1 Å². The van der Waals surface area contributed by atoms with Gasteiger partial charge in [0.25, 0.3) is 0 Å². The van der Waals surface area contributed by atoms with E-state index in [1.165, 1.54) is 21.3 Å². The van der Waals surface area contributed by atoms with Gasteiger partial charge in [-0.3, -0.25) is 0 Å². The summed E-state index contributed by atoms with van der Waals surface area (Å²) in [6.45, 7) is 0.363. The molecular weight excluding hydrogens is 336 g/mol. The first-order valence-electron chi connectivity index (χ1n) is 7.90. The van der Waals surface area contributed by atoms with E-state index in [-0.39, 0.29) is 17.1 Å². The molecule has 0 aliphatic heterocycles. The largest absolute Gasteiger partial charge is 0.495 e. The van der Waals surface area contributed by atoms with Gasteiger partial charge in [-0.25, -0.2) is 4.79 Å². The fourth-order valence-electron chi connectivity index (χ4n) is 2.81. The summed E-state index contributed by atoms with van der Waals surface area (Å²) in [5.74, 6) is -0.346. The lowest BCUT2D eigenvalue weighted by molar-refractivity contribution is 0.0689. The number of methoxy groups -OCH3 is 4. The Labute approximate surface area is 152 Å². The zero-order chi connectivity index (χ0) is 19.1. The molecule has 0 atom stereocenters. The van der Waals surface area contributed by atoms with Gasteiger partial charge >= 0.3 is 5.97 Å². The lowest BCUT2D eigenvalue weighted by Crippen LogP contribution is -2.09. The molecule has 26 heavy (non-hydrogen) atoms. The van der Waals surface area contributed by atoms with Crippen LogP contribution in [0.4, 0.5) is 0 Å². The molecule has 2 aromatic rings.